The van der Waals surface area contributed by atoms with Gasteiger partial charge in [-0.15, -0.1) is 0 Å². The molecule has 0 bridgehead atoms. The summed E-state index contributed by atoms with van der Waals surface area (Å²) < 4.78 is 13.0. The standard InChI is InChI=1S/C19H27N3O2/c1-21-9-3-4-17(21)14-20-15-19(22-10-12-24-13-11-22)16-5-7-18(23-2)8-6-16/h3-9,19-20H,10-15H2,1-2H3. The van der Waals surface area contributed by atoms with Crippen LogP contribution in [0.1, 0.15) is 17.3 Å². The van der Waals surface area contributed by atoms with Crippen LogP contribution in [-0.4, -0.2) is 49.4 Å². The molecule has 1 fully saturated rings. The highest BCUT2D eigenvalue weighted by atomic mass is 16.5. The number of ether oxygens (including phenoxy) is 2. The number of aromatic nitrogens is 1. The molecule has 1 atom stereocenters. The highest BCUT2D eigenvalue weighted by Gasteiger charge is 2.22. The van der Waals surface area contributed by atoms with Gasteiger partial charge in [0.25, 0.3) is 0 Å². The lowest BCUT2D eigenvalue weighted by molar-refractivity contribution is 0.0160. The van der Waals surface area contributed by atoms with Crippen LogP contribution in [0.2, 0.25) is 0 Å². The average Bonchev–Trinajstić information content (AvgIpc) is 3.05. The van der Waals surface area contributed by atoms with Crippen molar-refractivity contribution in [3.8, 4) is 5.75 Å². The third kappa shape index (κ3) is 4.17. The number of hydrogen-bond acceptors (Lipinski definition) is 4. The summed E-state index contributed by atoms with van der Waals surface area (Å²) in [6.07, 6.45) is 2.08. The summed E-state index contributed by atoms with van der Waals surface area (Å²) in [5.74, 6) is 0.899. The van der Waals surface area contributed by atoms with Gasteiger partial charge in [-0.05, 0) is 29.8 Å². The third-order valence-corrected chi connectivity index (χ3v) is 4.68. The van der Waals surface area contributed by atoms with Crippen LogP contribution >= 0.6 is 0 Å². The van der Waals surface area contributed by atoms with Crippen LogP contribution in [0.3, 0.4) is 0 Å². The van der Waals surface area contributed by atoms with Crippen molar-refractivity contribution in [3.05, 3.63) is 53.9 Å². The molecule has 24 heavy (non-hydrogen) atoms. The Hall–Kier alpha value is -1.82. The first-order valence-corrected chi connectivity index (χ1v) is 8.54. The Morgan fingerprint density at radius 3 is 2.54 bits per heavy atom. The summed E-state index contributed by atoms with van der Waals surface area (Å²) in [5, 5.41) is 3.62. The van der Waals surface area contributed by atoms with E-state index < -0.39 is 0 Å². The summed E-state index contributed by atoms with van der Waals surface area (Å²) in [5.41, 5.74) is 2.61. The van der Waals surface area contributed by atoms with E-state index in [2.05, 4.69) is 52.3 Å². The zero-order valence-corrected chi connectivity index (χ0v) is 14.6. The fraction of sp³-hybridized carbons (Fsp3) is 0.474. The van der Waals surface area contributed by atoms with Crippen molar-refractivity contribution in [2.24, 2.45) is 7.05 Å². The maximum absolute atomic E-state index is 5.52. The molecule has 0 aliphatic carbocycles. The summed E-state index contributed by atoms with van der Waals surface area (Å²) in [7, 11) is 3.79. The number of morpholine rings is 1. The topological polar surface area (TPSA) is 38.7 Å². The van der Waals surface area contributed by atoms with Crippen LogP contribution in [0, 0.1) is 0 Å². The molecule has 3 rings (SSSR count). The minimum atomic E-state index is 0.347. The van der Waals surface area contributed by atoms with Gasteiger partial charge >= 0.3 is 0 Å². The number of rotatable bonds is 7. The van der Waals surface area contributed by atoms with E-state index in [1.54, 1.807) is 7.11 Å². The van der Waals surface area contributed by atoms with Crippen LogP contribution in [0.15, 0.2) is 42.6 Å². The smallest absolute Gasteiger partial charge is 0.118 e. The van der Waals surface area contributed by atoms with Crippen molar-refractivity contribution in [1.29, 1.82) is 0 Å². The van der Waals surface area contributed by atoms with E-state index in [4.69, 9.17) is 9.47 Å². The molecule has 130 valence electrons. The van der Waals surface area contributed by atoms with E-state index in [-0.39, 0.29) is 0 Å². The first-order valence-electron chi connectivity index (χ1n) is 8.54. The second-order valence-electron chi connectivity index (χ2n) is 6.18. The van der Waals surface area contributed by atoms with Gasteiger partial charge in [-0.1, -0.05) is 12.1 Å². The molecule has 1 aliphatic heterocycles. The Labute approximate surface area is 144 Å². The van der Waals surface area contributed by atoms with Gasteiger partial charge in [0.1, 0.15) is 5.75 Å². The lowest BCUT2D eigenvalue weighted by Crippen LogP contribution is -2.42. The molecule has 1 aliphatic rings. The Balaban J connectivity index is 1.67. The molecule has 1 aromatic heterocycles. The first-order chi connectivity index (χ1) is 11.8. The van der Waals surface area contributed by atoms with E-state index in [9.17, 15) is 0 Å². The van der Waals surface area contributed by atoms with Gasteiger partial charge in [0, 0.05) is 51.2 Å². The Morgan fingerprint density at radius 1 is 1.17 bits per heavy atom. The highest BCUT2D eigenvalue weighted by molar-refractivity contribution is 5.29. The molecule has 2 aromatic rings. The number of nitrogens with one attached hydrogen (secondary N) is 1. The van der Waals surface area contributed by atoms with Gasteiger partial charge in [-0.2, -0.15) is 0 Å². The predicted octanol–water partition coefficient (Wildman–Crippen LogP) is 2.20. The molecule has 0 amide bonds. The fourth-order valence-electron chi connectivity index (χ4n) is 3.19. The molecule has 1 N–H and O–H groups in total. The lowest BCUT2D eigenvalue weighted by atomic mass is 10.0. The van der Waals surface area contributed by atoms with Crippen LogP contribution < -0.4 is 10.1 Å². The fourth-order valence-corrected chi connectivity index (χ4v) is 3.19. The molecule has 1 unspecified atom stereocenters. The molecular formula is C19H27N3O2. The van der Waals surface area contributed by atoms with Crippen LogP contribution in [0.25, 0.3) is 0 Å². The van der Waals surface area contributed by atoms with Crippen molar-refractivity contribution in [1.82, 2.24) is 14.8 Å². The van der Waals surface area contributed by atoms with Crippen LogP contribution in [0.5, 0.6) is 5.75 Å². The number of nitrogens with zero attached hydrogens (tertiary/aromatic N) is 2. The van der Waals surface area contributed by atoms with Gasteiger partial charge in [-0.25, -0.2) is 0 Å². The molecular weight excluding hydrogens is 302 g/mol. The summed E-state index contributed by atoms with van der Waals surface area (Å²) in [4.78, 5) is 2.50. The number of hydrogen-bond donors (Lipinski definition) is 1. The normalized spacial score (nSPS) is 16.9. The van der Waals surface area contributed by atoms with Crippen LogP contribution in [0.4, 0.5) is 0 Å². The van der Waals surface area contributed by atoms with E-state index in [0.29, 0.717) is 6.04 Å². The van der Waals surface area contributed by atoms with Crippen molar-refractivity contribution in [2.45, 2.75) is 12.6 Å². The zero-order valence-electron chi connectivity index (χ0n) is 14.6. The molecule has 5 nitrogen and oxygen atoms in total. The number of aryl methyl sites for hydroxylation is 1. The molecule has 1 aromatic carbocycles. The van der Waals surface area contributed by atoms with Crippen molar-refractivity contribution < 1.29 is 9.47 Å². The largest absolute Gasteiger partial charge is 0.497 e. The maximum Gasteiger partial charge on any atom is 0.118 e. The molecule has 0 radical (unpaired) electrons. The zero-order chi connectivity index (χ0) is 16.8. The Bertz CT molecular complexity index is 618. The average molecular weight is 329 g/mol. The summed E-state index contributed by atoms with van der Waals surface area (Å²) >= 11 is 0. The monoisotopic (exact) mass is 329 g/mol. The van der Waals surface area contributed by atoms with Crippen molar-refractivity contribution in [2.75, 3.05) is 40.0 Å². The second-order valence-corrected chi connectivity index (χ2v) is 6.18. The third-order valence-electron chi connectivity index (χ3n) is 4.68. The predicted molar refractivity (Wildman–Crippen MR) is 95.2 cm³/mol. The minimum Gasteiger partial charge on any atom is -0.497 e. The highest BCUT2D eigenvalue weighted by Crippen LogP contribution is 2.23. The molecule has 0 saturated carbocycles. The summed E-state index contributed by atoms with van der Waals surface area (Å²) in [6, 6.07) is 13.0. The summed E-state index contributed by atoms with van der Waals surface area (Å²) in [6.45, 7) is 5.36. The quantitative estimate of drug-likeness (QED) is 0.845. The molecule has 5 heteroatoms. The van der Waals surface area contributed by atoms with Gasteiger partial charge in [0.15, 0.2) is 0 Å². The first kappa shape index (κ1) is 17.0. The Morgan fingerprint density at radius 2 is 1.92 bits per heavy atom. The van der Waals surface area contributed by atoms with E-state index in [1.165, 1.54) is 11.3 Å². The number of benzene rings is 1. The van der Waals surface area contributed by atoms with Gasteiger partial charge in [-0.3, -0.25) is 4.90 Å². The lowest BCUT2D eigenvalue weighted by Gasteiger charge is -2.35. The van der Waals surface area contributed by atoms with Gasteiger partial charge in [0.05, 0.1) is 20.3 Å². The molecule has 0 spiro atoms. The van der Waals surface area contributed by atoms with Crippen molar-refractivity contribution >= 4 is 0 Å². The second kappa shape index (κ2) is 8.33. The number of methoxy groups -OCH3 is 1. The van der Waals surface area contributed by atoms with E-state index in [0.717, 1.165) is 45.1 Å². The maximum atomic E-state index is 5.52. The Kier molecular flexibility index (Phi) is 5.91. The molecule has 1 saturated heterocycles. The molecule has 2 heterocycles. The van der Waals surface area contributed by atoms with Gasteiger partial charge < -0.3 is 19.4 Å². The van der Waals surface area contributed by atoms with Gasteiger partial charge in [0.2, 0.25) is 0 Å². The van der Waals surface area contributed by atoms with Crippen molar-refractivity contribution in [3.63, 3.8) is 0 Å². The van der Waals surface area contributed by atoms with Crippen LogP contribution in [-0.2, 0) is 18.3 Å². The van der Waals surface area contributed by atoms with E-state index in [1.807, 2.05) is 12.1 Å². The SMILES string of the molecule is COc1ccc(C(CNCc2cccn2C)N2CCOCC2)cc1. The minimum absolute atomic E-state index is 0.347. The van der Waals surface area contributed by atoms with E-state index >= 15 is 0 Å².